The topological polar surface area (TPSA) is 67.8 Å². The first-order valence-corrected chi connectivity index (χ1v) is 10.5. The van der Waals surface area contributed by atoms with E-state index in [2.05, 4.69) is 5.32 Å². The van der Waals surface area contributed by atoms with E-state index in [1.807, 2.05) is 44.2 Å². The van der Waals surface area contributed by atoms with Crippen LogP contribution in [0.25, 0.3) is 0 Å². The van der Waals surface area contributed by atoms with Crippen molar-refractivity contribution in [2.45, 2.75) is 52.1 Å². The fourth-order valence-corrected chi connectivity index (χ4v) is 3.10. The Hall–Kier alpha value is -2.53. The van der Waals surface area contributed by atoms with E-state index in [0.29, 0.717) is 43.2 Å². The monoisotopic (exact) mass is 399 g/mol. The molecule has 2 aromatic rings. The molecule has 0 radical (unpaired) electrons. The Bertz CT molecular complexity index is 746. The van der Waals surface area contributed by atoms with Gasteiger partial charge in [0, 0.05) is 18.0 Å². The number of rotatable bonds is 12. The lowest BCUT2D eigenvalue weighted by molar-refractivity contribution is 0.0945. The predicted octanol–water partition coefficient (Wildman–Crippen LogP) is 4.55. The van der Waals surface area contributed by atoms with Crippen LogP contribution in [0.4, 0.5) is 0 Å². The zero-order chi connectivity index (χ0) is 21.1. The van der Waals surface area contributed by atoms with Gasteiger partial charge in [-0.25, -0.2) is 0 Å². The molecule has 2 rings (SSSR count). The van der Waals surface area contributed by atoms with E-state index in [1.54, 1.807) is 25.1 Å². The molecule has 1 amide bonds. The quantitative estimate of drug-likeness (QED) is 0.549. The zero-order valence-corrected chi connectivity index (χ0v) is 17.7. The summed E-state index contributed by atoms with van der Waals surface area (Å²) in [5.41, 5.74) is 1.63. The van der Waals surface area contributed by atoms with Crippen LogP contribution in [0.3, 0.4) is 0 Å². The Labute approximate surface area is 174 Å². The lowest BCUT2D eigenvalue weighted by Gasteiger charge is -2.20. The molecule has 0 fully saturated rings. The van der Waals surface area contributed by atoms with Gasteiger partial charge >= 0.3 is 0 Å². The summed E-state index contributed by atoms with van der Waals surface area (Å²) in [4.78, 5) is 12.7. The summed E-state index contributed by atoms with van der Waals surface area (Å²) in [6.45, 7) is 7.47. The number of carbonyl (C=O) groups excluding carboxylic acids is 1. The lowest BCUT2D eigenvalue weighted by Crippen LogP contribution is -2.29. The van der Waals surface area contributed by atoms with E-state index < -0.39 is 6.10 Å². The Kier molecular flexibility index (Phi) is 9.51. The van der Waals surface area contributed by atoms with Crippen LogP contribution >= 0.6 is 0 Å². The van der Waals surface area contributed by atoms with Gasteiger partial charge in [0.25, 0.3) is 5.91 Å². The lowest BCUT2D eigenvalue weighted by atomic mass is 9.93. The van der Waals surface area contributed by atoms with Crippen LogP contribution in [0, 0.1) is 0 Å². The Morgan fingerprint density at radius 3 is 2.28 bits per heavy atom. The van der Waals surface area contributed by atoms with Gasteiger partial charge in [-0.15, -0.1) is 0 Å². The fourth-order valence-electron chi connectivity index (χ4n) is 3.10. The summed E-state index contributed by atoms with van der Waals surface area (Å²) in [6.07, 6.45) is 1.92. The number of aliphatic hydroxyl groups is 1. The van der Waals surface area contributed by atoms with Gasteiger partial charge in [-0.1, -0.05) is 44.2 Å². The van der Waals surface area contributed by atoms with Gasteiger partial charge in [0.05, 0.1) is 19.3 Å². The molecule has 0 aliphatic rings. The SMILES string of the molecule is CCCOc1ccc(C(=O)NC[C@@H](C[C@@H](C)O)c2ccccc2)cc1OCCC. The van der Waals surface area contributed by atoms with Crippen LogP contribution in [-0.4, -0.2) is 36.9 Å². The van der Waals surface area contributed by atoms with Crippen LogP contribution < -0.4 is 14.8 Å². The third-order valence-corrected chi connectivity index (χ3v) is 4.53. The maximum Gasteiger partial charge on any atom is 0.251 e. The molecule has 0 saturated heterocycles. The molecular formula is C24H33NO4. The molecule has 0 bridgehead atoms. The highest BCUT2D eigenvalue weighted by Gasteiger charge is 2.17. The number of aliphatic hydroxyl groups excluding tert-OH is 1. The smallest absolute Gasteiger partial charge is 0.251 e. The van der Waals surface area contributed by atoms with Gasteiger partial charge in [0.15, 0.2) is 11.5 Å². The van der Waals surface area contributed by atoms with Gasteiger partial charge in [0.1, 0.15) is 0 Å². The van der Waals surface area contributed by atoms with E-state index in [9.17, 15) is 9.90 Å². The molecule has 5 heteroatoms. The highest BCUT2D eigenvalue weighted by molar-refractivity contribution is 5.94. The average Bonchev–Trinajstić information content (AvgIpc) is 2.74. The molecule has 2 atom stereocenters. The summed E-state index contributed by atoms with van der Waals surface area (Å²) in [6, 6.07) is 15.2. The van der Waals surface area contributed by atoms with Crippen molar-refractivity contribution in [1.82, 2.24) is 5.32 Å². The zero-order valence-electron chi connectivity index (χ0n) is 17.7. The van der Waals surface area contributed by atoms with Crippen molar-refractivity contribution < 1.29 is 19.4 Å². The van der Waals surface area contributed by atoms with Crippen molar-refractivity contribution >= 4 is 5.91 Å². The molecule has 158 valence electrons. The van der Waals surface area contributed by atoms with E-state index >= 15 is 0 Å². The average molecular weight is 400 g/mol. The molecule has 29 heavy (non-hydrogen) atoms. The Morgan fingerprint density at radius 2 is 1.66 bits per heavy atom. The summed E-state index contributed by atoms with van der Waals surface area (Å²) in [5, 5.41) is 12.8. The van der Waals surface area contributed by atoms with Gasteiger partial charge in [-0.05, 0) is 49.9 Å². The normalized spacial score (nSPS) is 12.8. The van der Waals surface area contributed by atoms with Crippen molar-refractivity contribution in [3.05, 3.63) is 59.7 Å². The maximum atomic E-state index is 12.7. The first kappa shape index (κ1) is 22.8. The van der Waals surface area contributed by atoms with Crippen molar-refractivity contribution in [3.63, 3.8) is 0 Å². The Balaban J connectivity index is 2.09. The highest BCUT2D eigenvalue weighted by atomic mass is 16.5. The van der Waals surface area contributed by atoms with Gasteiger partial charge < -0.3 is 19.9 Å². The van der Waals surface area contributed by atoms with Crippen LogP contribution in [0.15, 0.2) is 48.5 Å². The third kappa shape index (κ3) is 7.42. The predicted molar refractivity (Wildman–Crippen MR) is 116 cm³/mol. The molecule has 0 aromatic heterocycles. The number of hydrogen-bond donors (Lipinski definition) is 2. The summed E-state index contributed by atoms with van der Waals surface area (Å²) >= 11 is 0. The molecule has 2 N–H and O–H groups in total. The maximum absolute atomic E-state index is 12.7. The summed E-state index contributed by atoms with van der Waals surface area (Å²) in [7, 11) is 0. The van der Waals surface area contributed by atoms with Crippen molar-refractivity contribution in [1.29, 1.82) is 0 Å². The van der Waals surface area contributed by atoms with E-state index in [-0.39, 0.29) is 11.8 Å². The first-order valence-electron chi connectivity index (χ1n) is 10.5. The summed E-state index contributed by atoms with van der Waals surface area (Å²) in [5.74, 6) is 1.13. The molecule has 0 heterocycles. The number of ether oxygens (including phenoxy) is 2. The van der Waals surface area contributed by atoms with Crippen LogP contribution in [-0.2, 0) is 0 Å². The van der Waals surface area contributed by atoms with E-state index in [0.717, 1.165) is 18.4 Å². The molecule has 0 aliphatic carbocycles. The number of carbonyl (C=O) groups is 1. The molecule has 0 saturated carbocycles. The van der Waals surface area contributed by atoms with Crippen molar-refractivity contribution in [2.24, 2.45) is 0 Å². The number of nitrogens with one attached hydrogen (secondary N) is 1. The van der Waals surface area contributed by atoms with Crippen molar-refractivity contribution in [3.8, 4) is 11.5 Å². The molecule has 0 spiro atoms. The molecule has 5 nitrogen and oxygen atoms in total. The molecule has 2 aromatic carbocycles. The third-order valence-electron chi connectivity index (χ3n) is 4.53. The van der Waals surface area contributed by atoms with E-state index in [4.69, 9.17) is 9.47 Å². The van der Waals surface area contributed by atoms with Crippen LogP contribution in [0.2, 0.25) is 0 Å². The second kappa shape index (κ2) is 12.1. The van der Waals surface area contributed by atoms with E-state index in [1.165, 1.54) is 0 Å². The van der Waals surface area contributed by atoms with Crippen LogP contribution in [0.5, 0.6) is 11.5 Å². The second-order valence-electron chi connectivity index (χ2n) is 7.26. The number of amides is 1. The molecule has 0 aliphatic heterocycles. The van der Waals surface area contributed by atoms with Crippen molar-refractivity contribution in [2.75, 3.05) is 19.8 Å². The standard InChI is InChI=1S/C24H33NO4/c1-4-13-28-22-12-11-20(16-23(22)29-14-5-2)24(27)25-17-21(15-18(3)26)19-9-7-6-8-10-19/h6-12,16,18,21,26H,4-5,13-15,17H2,1-3H3,(H,25,27)/t18-,21-/m1/s1. The largest absolute Gasteiger partial charge is 0.490 e. The number of benzene rings is 2. The minimum Gasteiger partial charge on any atom is -0.490 e. The summed E-state index contributed by atoms with van der Waals surface area (Å²) < 4.78 is 11.5. The fraction of sp³-hybridized carbons (Fsp3) is 0.458. The minimum absolute atomic E-state index is 0.0446. The molecular weight excluding hydrogens is 366 g/mol. The second-order valence-corrected chi connectivity index (χ2v) is 7.26. The minimum atomic E-state index is -0.443. The highest BCUT2D eigenvalue weighted by Crippen LogP contribution is 2.29. The van der Waals surface area contributed by atoms with Gasteiger partial charge in [-0.2, -0.15) is 0 Å². The first-order chi connectivity index (χ1) is 14.0. The number of hydrogen-bond acceptors (Lipinski definition) is 4. The van der Waals surface area contributed by atoms with Crippen LogP contribution in [0.1, 0.15) is 61.9 Å². The van der Waals surface area contributed by atoms with Gasteiger partial charge in [-0.3, -0.25) is 4.79 Å². The molecule has 0 unspecified atom stereocenters. The van der Waals surface area contributed by atoms with Gasteiger partial charge in [0.2, 0.25) is 0 Å². The Morgan fingerprint density at radius 1 is 1.00 bits per heavy atom.